The molecule has 0 aliphatic heterocycles. The Hall–Kier alpha value is -3.09. The first kappa shape index (κ1) is 17.7. The molecule has 0 spiro atoms. The van der Waals surface area contributed by atoms with Crippen LogP contribution in [0.5, 0.6) is 0 Å². The number of nitrogens with zero attached hydrogens (tertiary/aromatic N) is 2. The Balaban J connectivity index is 1.82. The van der Waals surface area contributed by atoms with Crippen molar-refractivity contribution in [3.63, 3.8) is 0 Å². The summed E-state index contributed by atoms with van der Waals surface area (Å²) in [4.78, 5) is 12.2. The van der Waals surface area contributed by atoms with Gasteiger partial charge in [-0.1, -0.05) is 18.2 Å². The van der Waals surface area contributed by atoms with E-state index in [1.807, 2.05) is 37.3 Å². The highest BCUT2D eigenvalue weighted by Crippen LogP contribution is 2.22. The van der Waals surface area contributed by atoms with Crippen LogP contribution >= 0.6 is 0 Å². The maximum Gasteiger partial charge on any atom is 0.229 e. The summed E-state index contributed by atoms with van der Waals surface area (Å²) in [5, 5.41) is 6.71. The number of halogens is 3. The van der Waals surface area contributed by atoms with E-state index in [1.165, 1.54) is 0 Å². The molecule has 1 aromatic heterocycles. The number of hydrogen-bond acceptors (Lipinski definition) is 2. The van der Waals surface area contributed by atoms with E-state index in [0.29, 0.717) is 11.3 Å². The molecule has 0 aliphatic carbocycles. The summed E-state index contributed by atoms with van der Waals surface area (Å²) in [6.45, 7) is 3.60. The largest absolute Gasteiger partial charge is 0.323 e. The fourth-order valence-corrected chi connectivity index (χ4v) is 2.73. The lowest BCUT2D eigenvalue weighted by molar-refractivity contribution is -0.115. The molecule has 0 saturated carbocycles. The van der Waals surface area contributed by atoms with Crippen LogP contribution in [-0.4, -0.2) is 15.7 Å². The second-order valence-electron chi connectivity index (χ2n) is 5.84. The van der Waals surface area contributed by atoms with E-state index < -0.39 is 29.0 Å². The van der Waals surface area contributed by atoms with Gasteiger partial charge in [-0.15, -0.1) is 0 Å². The van der Waals surface area contributed by atoms with Gasteiger partial charge in [0.15, 0.2) is 17.5 Å². The molecule has 1 amide bonds. The number of aromatic nitrogens is 2. The summed E-state index contributed by atoms with van der Waals surface area (Å²) >= 11 is 0. The van der Waals surface area contributed by atoms with Gasteiger partial charge in [0.05, 0.1) is 23.5 Å². The molecule has 26 heavy (non-hydrogen) atoms. The van der Waals surface area contributed by atoms with Gasteiger partial charge in [0.1, 0.15) is 0 Å². The molecule has 0 aliphatic rings. The molecule has 4 nitrogen and oxygen atoms in total. The quantitative estimate of drug-likeness (QED) is 0.714. The van der Waals surface area contributed by atoms with Crippen molar-refractivity contribution in [2.75, 3.05) is 5.32 Å². The Morgan fingerprint density at radius 2 is 1.73 bits per heavy atom. The minimum atomic E-state index is -1.62. The summed E-state index contributed by atoms with van der Waals surface area (Å²) in [6, 6.07) is 11.2. The Labute approximate surface area is 148 Å². The number of amides is 1. The number of benzene rings is 2. The van der Waals surface area contributed by atoms with Crippen molar-refractivity contribution < 1.29 is 18.0 Å². The van der Waals surface area contributed by atoms with E-state index in [2.05, 4.69) is 10.4 Å². The van der Waals surface area contributed by atoms with Crippen LogP contribution in [-0.2, 0) is 11.2 Å². The van der Waals surface area contributed by atoms with Crippen molar-refractivity contribution >= 4 is 11.6 Å². The Kier molecular flexibility index (Phi) is 4.79. The number of anilines is 1. The van der Waals surface area contributed by atoms with Crippen LogP contribution in [0.4, 0.5) is 18.9 Å². The Morgan fingerprint density at radius 3 is 2.42 bits per heavy atom. The number of hydrogen-bond donors (Lipinski definition) is 1. The second-order valence-corrected chi connectivity index (χ2v) is 5.84. The van der Waals surface area contributed by atoms with Gasteiger partial charge in [-0.25, -0.2) is 17.9 Å². The van der Waals surface area contributed by atoms with E-state index in [0.717, 1.165) is 23.5 Å². The first-order valence-corrected chi connectivity index (χ1v) is 7.92. The van der Waals surface area contributed by atoms with Crippen molar-refractivity contribution in [1.82, 2.24) is 9.78 Å². The SMILES string of the molecule is Cc1nn(-c2ccccc2)c(C)c1CC(=O)Nc1ccc(F)c(F)c1F. The average Bonchev–Trinajstić information content (AvgIpc) is 2.91. The minimum absolute atomic E-state index is 0.0665. The first-order valence-electron chi connectivity index (χ1n) is 7.92. The molecule has 1 heterocycles. The number of nitrogens with one attached hydrogen (secondary N) is 1. The maximum absolute atomic E-state index is 13.7. The predicted molar refractivity (Wildman–Crippen MR) is 91.7 cm³/mol. The molecule has 0 saturated heterocycles. The van der Waals surface area contributed by atoms with Crippen LogP contribution in [0.3, 0.4) is 0 Å². The van der Waals surface area contributed by atoms with Gasteiger partial charge in [-0.05, 0) is 38.1 Å². The van der Waals surface area contributed by atoms with Crippen LogP contribution in [0, 0.1) is 31.3 Å². The lowest BCUT2D eigenvalue weighted by Crippen LogP contribution is -2.17. The highest BCUT2D eigenvalue weighted by molar-refractivity contribution is 5.92. The van der Waals surface area contributed by atoms with Gasteiger partial charge in [-0.2, -0.15) is 5.10 Å². The van der Waals surface area contributed by atoms with E-state index in [9.17, 15) is 18.0 Å². The average molecular weight is 359 g/mol. The number of rotatable bonds is 4. The lowest BCUT2D eigenvalue weighted by atomic mass is 10.1. The molecule has 3 aromatic rings. The number of para-hydroxylation sites is 1. The molecule has 134 valence electrons. The van der Waals surface area contributed by atoms with E-state index in [1.54, 1.807) is 11.6 Å². The van der Waals surface area contributed by atoms with Gasteiger partial charge in [0, 0.05) is 11.3 Å². The van der Waals surface area contributed by atoms with Crippen molar-refractivity contribution in [1.29, 1.82) is 0 Å². The highest BCUT2D eigenvalue weighted by atomic mass is 19.2. The van der Waals surface area contributed by atoms with Gasteiger partial charge >= 0.3 is 0 Å². The standard InChI is InChI=1S/C19H16F3N3O/c1-11-14(12(2)25(24-11)13-6-4-3-5-7-13)10-17(26)23-16-9-8-15(20)18(21)19(16)22/h3-9H,10H2,1-2H3,(H,23,26). The lowest BCUT2D eigenvalue weighted by Gasteiger charge is -2.08. The van der Waals surface area contributed by atoms with Crippen LogP contribution in [0.25, 0.3) is 5.69 Å². The topological polar surface area (TPSA) is 46.9 Å². The molecule has 0 unspecified atom stereocenters. The van der Waals surface area contributed by atoms with Gasteiger partial charge < -0.3 is 5.32 Å². The van der Waals surface area contributed by atoms with Crippen molar-refractivity contribution in [2.45, 2.75) is 20.3 Å². The Bertz CT molecular complexity index is 968. The first-order chi connectivity index (χ1) is 12.4. The number of aryl methyl sites for hydroxylation is 1. The molecular formula is C19H16F3N3O. The summed E-state index contributed by atoms with van der Waals surface area (Å²) in [6.07, 6.45) is -0.0665. The molecule has 2 aromatic carbocycles. The minimum Gasteiger partial charge on any atom is -0.323 e. The third-order valence-corrected chi connectivity index (χ3v) is 4.09. The van der Waals surface area contributed by atoms with E-state index in [4.69, 9.17) is 0 Å². The Morgan fingerprint density at radius 1 is 1.04 bits per heavy atom. The molecule has 0 fully saturated rings. The zero-order valence-corrected chi connectivity index (χ0v) is 14.2. The molecule has 7 heteroatoms. The monoisotopic (exact) mass is 359 g/mol. The number of carbonyl (C=O) groups is 1. The fourth-order valence-electron chi connectivity index (χ4n) is 2.73. The number of carbonyl (C=O) groups excluding carboxylic acids is 1. The molecule has 3 rings (SSSR count). The molecule has 0 radical (unpaired) electrons. The van der Waals surface area contributed by atoms with E-state index in [-0.39, 0.29) is 6.42 Å². The molecule has 0 atom stereocenters. The highest BCUT2D eigenvalue weighted by Gasteiger charge is 2.19. The molecular weight excluding hydrogens is 343 g/mol. The third kappa shape index (κ3) is 3.33. The zero-order valence-electron chi connectivity index (χ0n) is 14.2. The second kappa shape index (κ2) is 7.03. The smallest absolute Gasteiger partial charge is 0.229 e. The van der Waals surface area contributed by atoms with Crippen molar-refractivity contribution in [3.8, 4) is 5.69 Å². The van der Waals surface area contributed by atoms with Gasteiger partial charge in [-0.3, -0.25) is 4.79 Å². The summed E-state index contributed by atoms with van der Waals surface area (Å²) < 4.78 is 41.7. The maximum atomic E-state index is 13.7. The van der Waals surface area contributed by atoms with Crippen LogP contribution in [0.2, 0.25) is 0 Å². The van der Waals surface area contributed by atoms with Crippen LogP contribution in [0.15, 0.2) is 42.5 Å². The molecule has 0 bridgehead atoms. The normalized spacial score (nSPS) is 10.8. The van der Waals surface area contributed by atoms with E-state index >= 15 is 0 Å². The summed E-state index contributed by atoms with van der Waals surface area (Å²) in [5.74, 6) is -4.90. The zero-order chi connectivity index (χ0) is 18.8. The predicted octanol–water partition coefficient (Wildman–Crippen LogP) is 4.09. The fraction of sp³-hybridized carbons (Fsp3) is 0.158. The third-order valence-electron chi connectivity index (χ3n) is 4.09. The van der Waals surface area contributed by atoms with Crippen molar-refractivity contribution in [2.24, 2.45) is 0 Å². The van der Waals surface area contributed by atoms with Crippen LogP contribution < -0.4 is 5.32 Å². The molecule has 1 N–H and O–H groups in total. The van der Waals surface area contributed by atoms with Gasteiger partial charge in [0.2, 0.25) is 5.91 Å². The summed E-state index contributed by atoms with van der Waals surface area (Å²) in [5.41, 5.74) is 2.57. The van der Waals surface area contributed by atoms with Crippen LogP contribution in [0.1, 0.15) is 17.0 Å². The summed E-state index contributed by atoms with van der Waals surface area (Å²) in [7, 11) is 0. The van der Waals surface area contributed by atoms with Crippen molar-refractivity contribution in [3.05, 3.63) is 76.9 Å². The van der Waals surface area contributed by atoms with Gasteiger partial charge in [0.25, 0.3) is 0 Å².